The molecular weight excluding hydrogens is 226 g/mol. The van der Waals surface area contributed by atoms with Gasteiger partial charge in [-0.1, -0.05) is 29.8 Å². The van der Waals surface area contributed by atoms with E-state index in [4.69, 9.17) is 5.73 Å². The highest BCUT2D eigenvalue weighted by molar-refractivity contribution is 5.36. The molecule has 0 bridgehead atoms. The Morgan fingerprint density at radius 2 is 1.94 bits per heavy atom. The number of nitrogens with one attached hydrogen (secondary N) is 1. The van der Waals surface area contributed by atoms with Gasteiger partial charge in [0.25, 0.3) is 0 Å². The molecule has 1 aromatic carbocycles. The zero-order chi connectivity index (χ0) is 13.1. The Hall–Kier alpha value is -2.17. The summed E-state index contributed by atoms with van der Waals surface area (Å²) < 4.78 is 0. The van der Waals surface area contributed by atoms with Crippen LogP contribution in [0, 0.1) is 13.8 Å². The summed E-state index contributed by atoms with van der Waals surface area (Å²) in [5.74, 6) is 1.36. The third-order valence-electron chi connectivity index (χ3n) is 2.65. The number of nitrogen functional groups attached to an aromatic ring is 1. The van der Waals surface area contributed by atoms with Gasteiger partial charge in [0, 0.05) is 0 Å². The lowest BCUT2D eigenvalue weighted by molar-refractivity contribution is 0.846. The number of rotatable bonds is 3. The molecule has 0 fully saturated rings. The van der Waals surface area contributed by atoms with Crippen LogP contribution < -0.4 is 11.1 Å². The van der Waals surface area contributed by atoms with Crippen molar-refractivity contribution in [2.75, 3.05) is 11.1 Å². The lowest BCUT2D eigenvalue weighted by atomic mass is 10.1. The maximum Gasteiger partial charge on any atom is 0.228 e. The predicted octanol–water partition coefficient (Wildman–Crippen LogP) is 2.24. The van der Waals surface area contributed by atoms with Gasteiger partial charge in [-0.15, -0.1) is 0 Å². The predicted molar refractivity (Wildman–Crippen MR) is 72.2 cm³/mol. The molecule has 94 valence electrons. The Labute approximate surface area is 106 Å². The summed E-state index contributed by atoms with van der Waals surface area (Å²) >= 11 is 0. The van der Waals surface area contributed by atoms with Crippen LogP contribution in [0.1, 0.15) is 29.9 Å². The number of hydrogen-bond acceptors (Lipinski definition) is 5. The van der Waals surface area contributed by atoms with E-state index in [1.807, 2.05) is 6.07 Å². The molecule has 0 aliphatic rings. The van der Waals surface area contributed by atoms with Crippen molar-refractivity contribution >= 4 is 11.9 Å². The molecule has 1 unspecified atom stereocenters. The van der Waals surface area contributed by atoms with E-state index in [1.54, 1.807) is 6.92 Å². The number of benzene rings is 1. The Morgan fingerprint density at radius 1 is 1.17 bits per heavy atom. The molecule has 0 amide bonds. The van der Waals surface area contributed by atoms with E-state index < -0.39 is 0 Å². The number of aryl methyl sites for hydroxylation is 2. The number of aromatic nitrogens is 3. The summed E-state index contributed by atoms with van der Waals surface area (Å²) in [6.45, 7) is 5.92. The molecule has 0 saturated carbocycles. The first-order valence-electron chi connectivity index (χ1n) is 5.86. The van der Waals surface area contributed by atoms with Crippen molar-refractivity contribution in [3.05, 3.63) is 41.2 Å². The fourth-order valence-corrected chi connectivity index (χ4v) is 1.78. The van der Waals surface area contributed by atoms with E-state index >= 15 is 0 Å². The summed E-state index contributed by atoms with van der Waals surface area (Å²) in [5.41, 5.74) is 8.01. The minimum absolute atomic E-state index is 0.117. The Morgan fingerprint density at radius 3 is 2.61 bits per heavy atom. The molecule has 2 aromatic rings. The summed E-state index contributed by atoms with van der Waals surface area (Å²) in [6.07, 6.45) is 0. The zero-order valence-electron chi connectivity index (χ0n) is 10.8. The molecular formula is C13H17N5. The van der Waals surface area contributed by atoms with Crippen molar-refractivity contribution in [1.82, 2.24) is 15.0 Å². The van der Waals surface area contributed by atoms with Crippen molar-refractivity contribution < 1.29 is 0 Å². The van der Waals surface area contributed by atoms with Crippen LogP contribution in [-0.4, -0.2) is 15.0 Å². The molecule has 2 rings (SSSR count). The van der Waals surface area contributed by atoms with Crippen LogP contribution in [-0.2, 0) is 0 Å². The summed E-state index contributed by atoms with van der Waals surface area (Å²) in [7, 11) is 0. The Kier molecular flexibility index (Phi) is 3.41. The van der Waals surface area contributed by atoms with E-state index in [2.05, 4.69) is 52.3 Å². The van der Waals surface area contributed by atoms with Crippen molar-refractivity contribution in [2.45, 2.75) is 26.8 Å². The summed E-state index contributed by atoms with van der Waals surface area (Å²) in [6, 6.07) is 8.43. The molecule has 0 aliphatic carbocycles. The lowest BCUT2D eigenvalue weighted by Gasteiger charge is -2.15. The molecule has 3 N–H and O–H groups in total. The molecule has 0 spiro atoms. The van der Waals surface area contributed by atoms with E-state index in [0.29, 0.717) is 11.8 Å². The minimum Gasteiger partial charge on any atom is -0.368 e. The average molecular weight is 243 g/mol. The molecule has 0 radical (unpaired) electrons. The molecule has 1 aromatic heterocycles. The van der Waals surface area contributed by atoms with Crippen LogP contribution in [0.2, 0.25) is 0 Å². The van der Waals surface area contributed by atoms with Crippen LogP contribution >= 0.6 is 0 Å². The third kappa shape index (κ3) is 2.94. The largest absolute Gasteiger partial charge is 0.368 e. The first-order chi connectivity index (χ1) is 8.54. The highest BCUT2D eigenvalue weighted by Crippen LogP contribution is 2.17. The van der Waals surface area contributed by atoms with Gasteiger partial charge in [0.1, 0.15) is 5.82 Å². The SMILES string of the molecule is Cc1cccc(C(C)Nc2nc(C)nc(N)n2)c1. The maximum absolute atomic E-state index is 5.60. The summed E-state index contributed by atoms with van der Waals surface area (Å²) in [5, 5.41) is 3.22. The molecule has 1 heterocycles. The van der Waals surface area contributed by atoms with Crippen LogP contribution in [0.15, 0.2) is 24.3 Å². The number of anilines is 2. The normalized spacial score (nSPS) is 12.2. The second kappa shape index (κ2) is 5.00. The van der Waals surface area contributed by atoms with Crippen molar-refractivity contribution in [1.29, 1.82) is 0 Å². The van der Waals surface area contributed by atoms with Crippen LogP contribution in [0.3, 0.4) is 0 Å². The van der Waals surface area contributed by atoms with Crippen LogP contribution in [0.25, 0.3) is 0 Å². The van der Waals surface area contributed by atoms with E-state index in [-0.39, 0.29) is 12.0 Å². The average Bonchev–Trinajstić information content (AvgIpc) is 2.27. The second-order valence-electron chi connectivity index (χ2n) is 4.34. The van der Waals surface area contributed by atoms with Gasteiger partial charge >= 0.3 is 0 Å². The molecule has 0 aliphatic heterocycles. The van der Waals surface area contributed by atoms with E-state index in [0.717, 1.165) is 0 Å². The lowest BCUT2D eigenvalue weighted by Crippen LogP contribution is -2.12. The molecule has 0 saturated heterocycles. The van der Waals surface area contributed by atoms with E-state index in [1.165, 1.54) is 11.1 Å². The maximum atomic E-state index is 5.60. The first-order valence-corrected chi connectivity index (χ1v) is 5.86. The highest BCUT2D eigenvalue weighted by atomic mass is 15.2. The van der Waals surface area contributed by atoms with Crippen molar-refractivity contribution in [3.63, 3.8) is 0 Å². The first kappa shape index (κ1) is 12.3. The van der Waals surface area contributed by atoms with Gasteiger partial charge in [0.2, 0.25) is 11.9 Å². The van der Waals surface area contributed by atoms with Crippen LogP contribution in [0.5, 0.6) is 0 Å². The van der Waals surface area contributed by atoms with Gasteiger partial charge in [0.15, 0.2) is 0 Å². The molecule has 5 heteroatoms. The van der Waals surface area contributed by atoms with Gasteiger partial charge in [-0.25, -0.2) is 0 Å². The molecule has 5 nitrogen and oxygen atoms in total. The molecule has 18 heavy (non-hydrogen) atoms. The van der Waals surface area contributed by atoms with Gasteiger partial charge in [-0.2, -0.15) is 15.0 Å². The van der Waals surface area contributed by atoms with Crippen molar-refractivity contribution in [2.24, 2.45) is 0 Å². The van der Waals surface area contributed by atoms with Crippen LogP contribution in [0.4, 0.5) is 11.9 Å². The van der Waals surface area contributed by atoms with Gasteiger partial charge in [-0.05, 0) is 26.3 Å². The fraction of sp³-hybridized carbons (Fsp3) is 0.308. The standard InChI is InChI=1S/C13H17N5/c1-8-5-4-6-11(7-8)9(2)15-13-17-10(3)16-12(14)18-13/h4-7,9H,1-3H3,(H3,14,15,16,17,18). The summed E-state index contributed by atoms with van der Waals surface area (Å²) in [4.78, 5) is 12.2. The zero-order valence-corrected chi connectivity index (χ0v) is 10.8. The third-order valence-corrected chi connectivity index (χ3v) is 2.65. The fourth-order valence-electron chi connectivity index (χ4n) is 1.78. The monoisotopic (exact) mass is 243 g/mol. The van der Waals surface area contributed by atoms with Crippen molar-refractivity contribution in [3.8, 4) is 0 Å². The highest BCUT2D eigenvalue weighted by Gasteiger charge is 2.08. The number of hydrogen-bond donors (Lipinski definition) is 2. The Bertz CT molecular complexity index is 533. The number of nitrogens with zero attached hydrogens (tertiary/aromatic N) is 3. The smallest absolute Gasteiger partial charge is 0.228 e. The number of nitrogens with two attached hydrogens (primary N) is 1. The quantitative estimate of drug-likeness (QED) is 0.864. The topological polar surface area (TPSA) is 76.7 Å². The minimum atomic E-state index is 0.117. The van der Waals surface area contributed by atoms with E-state index in [9.17, 15) is 0 Å². The Balaban J connectivity index is 2.18. The van der Waals surface area contributed by atoms with Gasteiger partial charge in [0.05, 0.1) is 6.04 Å². The van der Waals surface area contributed by atoms with Gasteiger partial charge < -0.3 is 11.1 Å². The second-order valence-corrected chi connectivity index (χ2v) is 4.34. The van der Waals surface area contributed by atoms with Gasteiger partial charge in [-0.3, -0.25) is 0 Å². The molecule has 1 atom stereocenters.